The van der Waals surface area contributed by atoms with Crippen LogP contribution in [0.4, 0.5) is 0 Å². The number of nitrogens with zero attached hydrogens (tertiary/aromatic N) is 2. The van der Waals surface area contributed by atoms with Gasteiger partial charge in [0.15, 0.2) is 0 Å². The maximum absolute atomic E-state index is 10.7. The molecule has 1 unspecified atom stereocenters. The Balaban J connectivity index is 2.52. The van der Waals surface area contributed by atoms with Crippen molar-refractivity contribution in [2.75, 3.05) is 0 Å². The highest BCUT2D eigenvalue weighted by atomic mass is 16.4. The van der Waals surface area contributed by atoms with Gasteiger partial charge in [-0.25, -0.2) is 0 Å². The summed E-state index contributed by atoms with van der Waals surface area (Å²) in [4.78, 5) is 10.7. The van der Waals surface area contributed by atoms with E-state index in [2.05, 4.69) is 5.10 Å². The molecular weight excluding hydrogens is 182 g/mol. The van der Waals surface area contributed by atoms with E-state index in [1.165, 1.54) is 6.92 Å². The van der Waals surface area contributed by atoms with Crippen molar-refractivity contribution in [2.24, 2.45) is 5.73 Å². The quantitative estimate of drug-likeness (QED) is 0.731. The number of nitrogens with two attached hydrogens (primary N) is 1. The molecule has 0 aromatic carbocycles. The van der Waals surface area contributed by atoms with E-state index in [1.54, 1.807) is 4.68 Å². The number of aryl methyl sites for hydroxylation is 2. The third kappa shape index (κ3) is 2.56. The molecule has 0 fully saturated rings. The first-order valence-corrected chi connectivity index (χ1v) is 4.44. The summed E-state index contributed by atoms with van der Waals surface area (Å²) in [7, 11) is 0. The highest BCUT2D eigenvalue weighted by molar-refractivity contribution is 5.77. The Bertz CT molecular complexity index is 331. The molecular formula is C9H15N3O2. The second kappa shape index (κ2) is 3.79. The Morgan fingerprint density at radius 3 is 2.86 bits per heavy atom. The van der Waals surface area contributed by atoms with E-state index in [1.807, 2.05) is 19.2 Å². The number of rotatable bonds is 4. The predicted molar refractivity (Wildman–Crippen MR) is 51.8 cm³/mol. The first-order valence-electron chi connectivity index (χ1n) is 4.44. The van der Waals surface area contributed by atoms with Crippen LogP contribution in [-0.4, -0.2) is 26.4 Å². The lowest BCUT2D eigenvalue weighted by molar-refractivity contribution is -0.143. The van der Waals surface area contributed by atoms with Gasteiger partial charge in [0.2, 0.25) is 0 Å². The standard InChI is InChI=1S/C9H15N3O2/c1-7-3-5-12(11-7)6-4-9(2,10)8(13)14/h3,5H,4,6,10H2,1-2H3,(H,13,14). The van der Waals surface area contributed by atoms with Crippen LogP contribution in [0.5, 0.6) is 0 Å². The summed E-state index contributed by atoms with van der Waals surface area (Å²) in [5.74, 6) is -0.985. The van der Waals surface area contributed by atoms with E-state index in [0.29, 0.717) is 13.0 Å². The van der Waals surface area contributed by atoms with Gasteiger partial charge in [0, 0.05) is 12.7 Å². The van der Waals surface area contributed by atoms with Crippen molar-refractivity contribution >= 4 is 5.97 Å². The molecule has 0 spiro atoms. The van der Waals surface area contributed by atoms with Crippen LogP contribution in [0.25, 0.3) is 0 Å². The predicted octanol–water partition coefficient (Wildman–Crippen LogP) is 0.384. The molecule has 78 valence electrons. The molecule has 1 rings (SSSR count). The van der Waals surface area contributed by atoms with Crippen molar-refractivity contribution in [1.82, 2.24) is 9.78 Å². The molecule has 1 aromatic heterocycles. The zero-order chi connectivity index (χ0) is 10.8. The first kappa shape index (κ1) is 10.7. The summed E-state index contributed by atoms with van der Waals surface area (Å²) in [6.45, 7) is 3.91. The SMILES string of the molecule is Cc1ccn(CCC(C)(N)C(=O)O)n1. The summed E-state index contributed by atoms with van der Waals surface area (Å²) in [6.07, 6.45) is 2.18. The van der Waals surface area contributed by atoms with Crippen molar-refractivity contribution in [3.05, 3.63) is 18.0 Å². The van der Waals surface area contributed by atoms with Crippen molar-refractivity contribution in [3.8, 4) is 0 Å². The lowest BCUT2D eigenvalue weighted by atomic mass is 10.00. The molecule has 0 amide bonds. The molecule has 0 aliphatic heterocycles. The molecule has 1 heterocycles. The molecule has 3 N–H and O–H groups in total. The van der Waals surface area contributed by atoms with Crippen molar-refractivity contribution in [3.63, 3.8) is 0 Å². The average Bonchev–Trinajstić information content (AvgIpc) is 2.48. The van der Waals surface area contributed by atoms with Crippen molar-refractivity contribution in [1.29, 1.82) is 0 Å². The number of carboxylic acid groups (broad SMARTS) is 1. The van der Waals surface area contributed by atoms with Crippen molar-refractivity contribution < 1.29 is 9.90 Å². The summed E-state index contributed by atoms with van der Waals surface area (Å²) in [5, 5.41) is 12.9. The largest absolute Gasteiger partial charge is 0.480 e. The van der Waals surface area contributed by atoms with E-state index in [4.69, 9.17) is 10.8 Å². The molecule has 5 heteroatoms. The maximum atomic E-state index is 10.7. The van der Waals surface area contributed by atoms with E-state index in [0.717, 1.165) is 5.69 Å². The van der Waals surface area contributed by atoms with Gasteiger partial charge in [-0.3, -0.25) is 9.48 Å². The van der Waals surface area contributed by atoms with Crippen LogP contribution in [-0.2, 0) is 11.3 Å². The molecule has 1 aromatic rings. The second-order valence-electron chi connectivity index (χ2n) is 3.69. The molecule has 1 atom stereocenters. The van der Waals surface area contributed by atoms with Gasteiger partial charge in [-0.1, -0.05) is 0 Å². The average molecular weight is 197 g/mol. The minimum absolute atomic E-state index is 0.365. The number of carboxylic acids is 1. The molecule has 0 aliphatic rings. The summed E-state index contributed by atoms with van der Waals surface area (Å²) in [5.41, 5.74) is 5.31. The van der Waals surface area contributed by atoms with E-state index >= 15 is 0 Å². The van der Waals surface area contributed by atoms with Gasteiger partial charge in [-0.15, -0.1) is 0 Å². The Hall–Kier alpha value is -1.36. The highest BCUT2D eigenvalue weighted by Crippen LogP contribution is 2.07. The van der Waals surface area contributed by atoms with E-state index < -0.39 is 11.5 Å². The van der Waals surface area contributed by atoms with Crippen LogP contribution in [0.15, 0.2) is 12.3 Å². The van der Waals surface area contributed by atoms with Crippen LogP contribution in [0.1, 0.15) is 19.0 Å². The second-order valence-corrected chi connectivity index (χ2v) is 3.69. The fraction of sp³-hybridized carbons (Fsp3) is 0.556. The molecule has 0 bridgehead atoms. The van der Waals surface area contributed by atoms with Gasteiger partial charge in [0.25, 0.3) is 0 Å². The van der Waals surface area contributed by atoms with Gasteiger partial charge in [0.05, 0.1) is 5.69 Å². The van der Waals surface area contributed by atoms with Gasteiger partial charge in [-0.05, 0) is 26.3 Å². The third-order valence-electron chi connectivity index (χ3n) is 2.12. The van der Waals surface area contributed by atoms with Gasteiger partial charge in [-0.2, -0.15) is 5.10 Å². The molecule has 14 heavy (non-hydrogen) atoms. The number of aromatic nitrogens is 2. The normalized spacial score (nSPS) is 15.1. The van der Waals surface area contributed by atoms with Crippen LogP contribution >= 0.6 is 0 Å². The van der Waals surface area contributed by atoms with Gasteiger partial charge >= 0.3 is 5.97 Å². The summed E-state index contributed by atoms with van der Waals surface area (Å²) >= 11 is 0. The number of carbonyl (C=O) groups is 1. The molecule has 0 aliphatic carbocycles. The zero-order valence-electron chi connectivity index (χ0n) is 8.40. The number of aliphatic carboxylic acids is 1. The van der Waals surface area contributed by atoms with Gasteiger partial charge in [0.1, 0.15) is 5.54 Å². The lowest BCUT2D eigenvalue weighted by Gasteiger charge is -2.18. The Morgan fingerprint density at radius 2 is 2.43 bits per heavy atom. The minimum atomic E-state index is -1.18. The molecule has 0 saturated carbocycles. The molecule has 0 saturated heterocycles. The Kier molecular flexibility index (Phi) is 2.90. The monoisotopic (exact) mass is 197 g/mol. The number of hydrogen-bond donors (Lipinski definition) is 2. The zero-order valence-corrected chi connectivity index (χ0v) is 8.40. The Morgan fingerprint density at radius 1 is 1.79 bits per heavy atom. The van der Waals surface area contributed by atoms with Gasteiger partial charge < -0.3 is 10.8 Å². The summed E-state index contributed by atoms with van der Waals surface area (Å²) < 4.78 is 1.70. The van der Waals surface area contributed by atoms with Crippen LogP contribution in [0.2, 0.25) is 0 Å². The van der Waals surface area contributed by atoms with E-state index in [-0.39, 0.29) is 0 Å². The van der Waals surface area contributed by atoms with Crippen LogP contribution in [0, 0.1) is 6.92 Å². The fourth-order valence-electron chi connectivity index (χ4n) is 1.04. The van der Waals surface area contributed by atoms with E-state index in [9.17, 15) is 4.79 Å². The maximum Gasteiger partial charge on any atom is 0.323 e. The number of hydrogen-bond acceptors (Lipinski definition) is 3. The molecule has 0 radical (unpaired) electrons. The minimum Gasteiger partial charge on any atom is -0.480 e. The van der Waals surface area contributed by atoms with Crippen LogP contribution < -0.4 is 5.73 Å². The smallest absolute Gasteiger partial charge is 0.323 e. The fourth-order valence-corrected chi connectivity index (χ4v) is 1.04. The topological polar surface area (TPSA) is 81.1 Å². The third-order valence-corrected chi connectivity index (χ3v) is 2.12. The lowest BCUT2D eigenvalue weighted by Crippen LogP contribution is -2.45. The summed E-state index contributed by atoms with van der Waals surface area (Å²) in [6, 6.07) is 1.87. The molecule has 5 nitrogen and oxygen atoms in total. The first-order chi connectivity index (χ1) is 6.42. The van der Waals surface area contributed by atoms with Crippen LogP contribution in [0.3, 0.4) is 0 Å². The van der Waals surface area contributed by atoms with Crippen molar-refractivity contribution in [2.45, 2.75) is 32.4 Å². The highest BCUT2D eigenvalue weighted by Gasteiger charge is 2.27. The Labute approximate surface area is 82.5 Å².